The second kappa shape index (κ2) is 7.57. The highest BCUT2D eigenvalue weighted by Gasteiger charge is 2.21. The van der Waals surface area contributed by atoms with E-state index in [0.29, 0.717) is 22.9 Å². The van der Waals surface area contributed by atoms with Crippen LogP contribution in [0.1, 0.15) is 19.8 Å². The molecule has 0 bridgehead atoms. The number of ether oxygens (including phenoxy) is 1. The van der Waals surface area contributed by atoms with Gasteiger partial charge in [0.15, 0.2) is 6.10 Å². The molecule has 1 aliphatic heterocycles. The first kappa shape index (κ1) is 17.3. The summed E-state index contributed by atoms with van der Waals surface area (Å²) in [5.41, 5.74) is 1.51. The first-order chi connectivity index (χ1) is 12.0. The van der Waals surface area contributed by atoms with Crippen LogP contribution in [0.15, 0.2) is 48.5 Å². The second-order valence-corrected chi connectivity index (χ2v) is 6.34. The molecule has 1 fully saturated rings. The summed E-state index contributed by atoms with van der Waals surface area (Å²) in [5.74, 6) is 0.472. The minimum Gasteiger partial charge on any atom is -0.481 e. The highest BCUT2D eigenvalue weighted by molar-refractivity contribution is 6.30. The lowest BCUT2D eigenvalue weighted by Crippen LogP contribution is -2.30. The van der Waals surface area contributed by atoms with Gasteiger partial charge in [-0.3, -0.25) is 9.59 Å². The van der Waals surface area contributed by atoms with E-state index in [1.807, 2.05) is 12.1 Å². The van der Waals surface area contributed by atoms with Crippen molar-refractivity contribution in [1.82, 2.24) is 0 Å². The van der Waals surface area contributed by atoms with Crippen LogP contribution in [0.3, 0.4) is 0 Å². The van der Waals surface area contributed by atoms with Gasteiger partial charge in [-0.25, -0.2) is 0 Å². The Morgan fingerprint density at radius 2 is 1.84 bits per heavy atom. The number of benzene rings is 2. The molecular formula is C19H19ClN2O3. The molecule has 5 nitrogen and oxygen atoms in total. The Labute approximate surface area is 151 Å². The molecule has 1 atom stereocenters. The minimum absolute atomic E-state index is 0.143. The molecule has 2 amide bonds. The fourth-order valence-corrected chi connectivity index (χ4v) is 2.79. The van der Waals surface area contributed by atoms with E-state index in [1.165, 1.54) is 0 Å². The first-order valence-corrected chi connectivity index (χ1v) is 8.54. The average molecular weight is 359 g/mol. The van der Waals surface area contributed by atoms with Gasteiger partial charge in [0.05, 0.1) is 0 Å². The van der Waals surface area contributed by atoms with Gasteiger partial charge in [-0.15, -0.1) is 0 Å². The van der Waals surface area contributed by atoms with Crippen molar-refractivity contribution in [2.24, 2.45) is 0 Å². The van der Waals surface area contributed by atoms with Crippen molar-refractivity contribution in [1.29, 1.82) is 0 Å². The summed E-state index contributed by atoms with van der Waals surface area (Å²) >= 11 is 5.83. The predicted molar refractivity (Wildman–Crippen MR) is 98.2 cm³/mol. The van der Waals surface area contributed by atoms with Crippen LogP contribution in [0.25, 0.3) is 0 Å². The third-order valence-electron chi connectivity index (χ3n) is 4.02. The Kier molecular flexibility index (Phi) is 5.24. The number of nitrogens with zero attached hydrogens (tertiary/aromatic N) is 1. The molecule has 1 N–H and O–H groups in total. The zero-order valence-electron chi connectivity index (χ0n) is 13.9. The van der Waals surface area contributed by atoms with Crippen LogP contribution >= 0.6 is 11.6 Å². The van der Waals surface area contributed by atoms with E-state index in [9.17, 15) is 9.59 Å². The van der Waals surface area contributed by atoms with Crippen molar-refractivity contribution in [3.63, 3.8) is 0 Å². The Balaban J connectivity index is 1.58. The summed E-state index contributed by atoms with van der Waals surface area (Å²) in [6, 6.07) is 14.1. The minimum atomic E-state index is -0.657. The van der Waals surface area contributed by atoms with Gasteiger partial charge in [-0.1, -0.05) is 11.6 Å². The van der Waals surface area contributed by atoms with Crippen molar-refractivity contribution < 1.29 is 14.3 Å². The van der Waals surface area contributed by atoms with Crippen molar-refractivity contribution in [2.45, 2.75) is 25.9 Å². The Morgan fingerprint density at radius 3 is 2.44 bits per heavy atom. The van der Waals surface area contributed by atoms with E-state index in [1.54, 1.807) is 48.2 Å². The molecule has 1 aliphatic rings. The molecule has 1 heterocycles. The van der Waals surface area contributed by atoms with Gasteiger partial charge in [-0.05, 0) is 61.9 Å². The Hall–Kier alpha value is -2.53. The van der Waals surface area contributed by atoms with Gasteiger partial charge >= 0.3 is 0 Å². The van der Waals surface area contributed by atoms with Crippen LogP contribution in [-0.4, -0.2) is 24.5 Å². The van der Waals surface area contributed by atoms with E-state index in [2.05, 4.69) is 5.32 Å². The predicted octanol–water partition coefficient (Wildman–Crippen LogP) is 3.87. The van der Waals surface area contributed by atoms with Gasteiger partial charge in [0, 0.05) is 29.4 Å². The average Bonchev–Trinajstić information content (AvgIpc) is 3.03. The van der Waals surface area contributed by atoms with Crippen molar-refractivity contribution in [3.05, 3.63) is 53.6 Å². The molecule has 2 aromatic carbocycles. The summed E-state index contributed by atoms with van der Waals surface area (Å²) in [6.45, 7) is 2.43. The normalized spacial score (nSPS) is 15.1. The molecule has 0 unspecified atom stereocenters. The molecule has 130 valence electrons. The molecule has 0 saturated carbocycles. The number of nitrogens with one attached hydrogen (secondary N) is 1. The van der Waals surface area contributed by atoms with Crippen LogP contribution in [0.5, 0.6) is 5.75 Å². The largest absolute Gasteiger partial charge is 0.481 e. The summed E-state index contributed by atoms with van der Waals surface area (Å²) in [5, 5.41) is 3.39. The van der Waals surface area contributed by atoms with Crippen LogP contribution in [-0.2, 0) is 9.59 Å². The number of anilines is 2. The molecular weight excluding hydrogens is 340 g/mol. The Bertz CT molecular complexity index is 759. The van der Waals surface area contributed by atoms with E-state index < -0.39 is 6.10 Å². The highest BCUT2D eigenvalue weighted by atomic mass is 35.5. The summed E-state index contributed by atoms with van der Waals surface area (Å²) in [4.78, 5) is 25.7. The third kappa shape index (κ3) is 4.31. The molecule has 25 heavy (non-hydrogen) atoms. The number of carbonyl (C=O) groups is 2. The maximum Gasteiger partial charge on any atom is 0.265 e. The van der Waals surface area contributed by atoms with Gasteiger partial charge in [-0.2, -0.15) is 0 Å². The quantitative estimate of drug-likeness (QED) is 0.882. The molecule has 0 aromatic heterocycles. The maximum absolute atomic E-state index is 12.2. The molecule has 0 spiro atoms. The second-order valence-electron chi connectivity index (χ2n) is 5.90. The number of halogens is 1. The van der Waals surface area contributed by atoms with Crippen molar-refractivity contribution >= 4 is 34.8 Å². The van der Waals surface area contributed by atoms with Crippen LogP contribution < -0.4 is 15.0 Å². The standard InChI is InChI=1S/C19H19ClN2O3/c1-13(19(24)21-15-6-4-14(20)5-7-15)25-17-10-8-16(9-11-17)22-12-2-3-18(22)23/h4-11,13H,2-3,12H2,1H3,(H,21,24)/t13-/m1/s1. The van der Waals surface area contributed by atoms with E-state index in [4.69, 9.17) is 16.3 Å². The summed E-state index contributed by atoms with van der Waals surface area (Å²) < 4.78 is 5.67. The topological polar surface area (TPSA) is 58.6 Å². The lowest BCUT2D eigenvalue weighted by Gasteiger charge is -2.18. The van der Waals surface area contributed by atoms with E-state index in [0.717, 1.165) is 18.7 Å². The lowest BCUT2D eigenvalue weighted by atomic mass is 10.2. The number of hydrogen-bond acceptors (Lipinski definition) is 3. The van der Waals surface area contributed by atoms with E-state index >= 15 is 0 Å². The van der Waals surface area contributed by atoms with Crippen molar-refractivity contribution in [2.75, 3.05) is 16.8 Å². The maximum atomic E-state index is 12.2. The van der Waals surface area contributed by atoms with Crippen LogP contribution in [0.4, 0.5) is 11.4 Å². The van der Waals surface area contributed by atoms with Crippen molar-refractivity contribution in [3.8, 4) is 5.75 Å². The molecule has 2 aromatic rings. The fraction of sp³-hybridized carbons (Fsp3) is 0.263. The number of amides is 2. The smallest absolute Gasteiger partial charge is 0.265 e. The molecule has 6 heteroatoms. The molecule has 3 rings (SSSR count). The lowest BCUT2D eigenvalue weighted by molar-refractivity contribution is -0.122. The Morgan fingerprint density at radius 1 is 1.16 bits per heavy atom. The monoisotopic (exact) mass is 358 g/mol. The molecule has 0 radical (unpaired) electrons. The van der Waals surface area contributed by atoms with Crippen LogP contribution in [0, 0.1) is 0 Å². The fourth-order valence-electron chi connectivity index (χ4n) is 2.66. The summed E-state index contributed by atoms with van der Waals surface area (Å²) in [6.07, 6.45) is 0.828. The number of hydrogen-bond donors (Lipinski definition) is 1. The first-order valence-electron chi connectivity index (χ1n) is 8.16. The van der Waals surface area contributed by atoms with E-state index in [-0.39, 0.29) is 11.8 Å². The van der Waals surface area contributed by atoms with Gasteiger partial charge in [0.25, 0.3) is 5.91 Å². The third-order valence-corrected chi connectivity index (χ3v) is 4.27. The van der Waals surface area contributed by atoms with Gasteiger partial charge in [0.1, 0.15) is 5.75 Å². The number of rotatable bonds is 5. The molecule has 0 aliphatic carbocycles. The summed E-state index contributed by atoms with van der Waals surface area (Å²) in [7, 11) is 0. The van der Waals surface area contributed by atoms with Gasteiger partial charge < -0.3 is 15.0 Å². The zero-order chi connectivity index (χ0) is 17.8. The number of carbonyl (C=O) groups excluding carboxylic acids is 2. The zero-order valence-corrected chi connectivity index (χ0v) is 14.6. The highest BCUT2D eigenvalue weighted by Crippen LogP contribution is 2.24. The van der Waals surface area contributed by atoms with Gasteiger partial charge in [0.2, 0.25) is 5.91 Å². The molecule has 1 saturated heterocycles. The van der Waals surface area contributed by atoms with Crippen LogP contribution in [0.2, 0.25) is 5.02 Å². The SMILES string of the molecule is C[C@@H](Oc1ccc(N2CCCC2=O)cc1)C(=O)Nc1ccc(Cl)cc1.